The van der Waals surface area contributed by atoms with Crippen LogP contribution < -0.4 is 20.9 Å². The molecule has 0 aromatic heterocycles. The van der Waals surface area contributed by atoms with Gasteiger partial charge in [-0.25, -0.2) is 0 Å². The standard InChI is InChI=1S/C17H20N4O2.C2H6O4S/c18-16(19)12-2-6-14(7-3-12)22-10-1-11-23-15-8-4-13(5-9-15)17(20)21;3-1-2-7(4,5)6/h2-9H,1,10-11H2,(H3,18,19)(H3,20,21);3H,1-2H2,(H,4,5,6). The van der Waals surface area contributed by atoms with E-state index in [2.05, 4.69) is 0 Å². The first-order chi connectivity index (χ1) is 14.1. The lowest BCUT2D eigenvalue weighted by Gasteiger charge is -2.09. The molecular weight excluding hydrogens is 412 g/mol. The number of ether oxygens (including phenoxy) is 2. The zero-order valence-electron chi connectivity index (χ0n) is 16.2. The van der Waals surface area contributed by atoms with Gasteiger partial charge in [0, 0.05) is 17.5 Å². The Kier molecular flexibility index (Phi) is 10.3. The topological polar surface area (TPSA) is 193 Å². The molecule has 0 heterocycles. The molecule has 0 aliphatic heterocycles. The van der Waals surface area contributed by atoms with Gasteiger partial charge in [0.2, 0.25) is 0 Å². The fraction of sp³-hybridized carbons (Fsp3) is 0.263. The summed E-state index contributed by atoms with van der Waals surface area (Å²) < 4.78 is 38.3. The van der Waals surface area contributed by atoms with Crippen LogP contribution in [0.2, 0.25) is 0 Å². The van der Waals surface area contributed by atoms with Crippen molar-refractivity contribution >= 4 is 21.8 Å². The zero-order valence-corrected chi connectivity index (χ0v) is 17.1. The summed E-state index contributed by atoms with van der Waals surface area (Å²) in [6, 6.07) is 14.2. The van der Waals surface area contributed by atoms with E-state index < -0.39 is 22.5 Å². The number of hydrogen-bond acceptors (Lipinski definition) is 7. The summed E-state index contributed by atoms with van der Waals surface area (Å²) in [6.07, 6.45) is 0.739. The van der Waals surface area contributed by atoms with Gasteiger partial charge in [0.15, 0.2) is 0 Å². The third-order valence-corrected chi connectivity index (χ3v) is 4.20. The molecule has 0 amide bonds. The maximum absolute atomic E-state index is 9.63. The Morgan fingerprint density at radius 1 is 0.833 bits per heavy atom. The van der Waals surface area contributed by atoms with Gasteiger partial charge in [0.25, 0.3) is 10.1 Å². The van der Waals surface area contributed by atoms with Crippen LogP contribution in [0, 0.1) is 10.8 Å². The van der Waals surface area contributed by atoms with Crippen LogP contribution in [-0.4, -0.2) is 55.3 Å². The van der Waals surface area contributed by atoms with Crippen molar-refractivity contribution in [3.63, 3.8) is 0 Å². The van der Waals surface area contributed by atoms with E-state index in [0.717, 1.165) is 17.9 Å². The quantitative estimate of drug-likeness (QED) is 0.137. The number of nitrogens with one attached hydrogen (secondary N) is 2. The summed E-state index contributed by atoms with van der Waals surface area (Å²) in [7, 11) is -3.92. The minimum atomic E-state index is -3.92. The van der Waals surface area contributed by atoms with E-state index in [0.29, 0.717) is 24.3 Å². The highest BCUT2D eigenvalue weighted by atomic mass is 32.2. The second-order valence-electron chi connectivity index (χ2n) is 5.94. The molecule has 2 rings (SSSR count). The van der Waals surface area contributed by atoms with Crippen molar-refractivity contribution in [3.05, 3.63) is 59.7 Å². The fourth-order valence-corrected chi connectivity index (χ4v) is 2.25. The van der Waals surface area contributed by atoms with Gasteiger partial charge in [-0.3, -0.25) is 15.4 Å². The molecule has 0 fully saturated rings. The summed E-state index contributed by atoms with van der Waals surface area (Å²) >= 11 is 0. The van der Waals surface area contributed by atoms with Gasteiger partial charge in [-0.05, 0) is 48.5 Å². The maximum atomic E-state index is 9.63. The Labute approximate surface area is 175 Å². The Morgan fingerprint density at radius 3 is 1.43 bits per heavy atom. The Balaban J connectivity index is 0.000000553. The van der Waals surface area contributed by atoms with Crippen molar-refractivity contribution in [1.82, 2.24) is 0 Å². The summed E-state index contributed by atoms with van der Waals surface area (Å²) in [5.41, 5.74) is 12.1. The second-order valence-corrected chi connectivity index (χ2v) is 7.51. The number of nitrogens with two attached hydrogens (primary N) is 2. The number of nitrogen functional groups attached to an aromatic ring is 2. The van der Waals surface area contributed by atoms with Crippen molar-refractivity contribution in [3.8, 4) is 11.5 Å². The third-order valence-electron chi connectivity index (χ3n) is 3.51. The van der Waals surface area contributed by atoms with Gasteiger partial charge in [-0.2, -0.15) is 8.42 Å². The number of aliphatic hydroxyl groups excluding tert-OH is 1. The van der Waals surface area contributed by atoms with Crippen molar-refractivity contribution in [2.24, 2.45) is 11.5 Å². The van der Waals surface area contributed by atoms with Gasteiger partial charge in [0.1, 0.15) is 23.2 Å². The highest BCUT2D eigenvalue weighted by Crippen LogP contribution is 2.14. The van der Waals surface area contributed by atoms with Gasteiger partial charge in [-0.15, -0.1) is 0 Å². The van der Waals surface area contributed by atoms with E-state index in [1.165, 1.54) is 0 Å². The van der Waals surface area contributed by atoms with Crippen LogP contribution in [0.5, 0.6) is 11.5 Å². The van der Waals surface area contributed by atoms with Crippen LogP contribution in [0.25, 0.3) is 0 Å². The number of hydrogen-bond donors (Lipinski definition) is 6. The SMILES string of the molecule is N=C(N)c1ccc(OCCCOc2ccc(C(=N)N)cc2)cc1.O=S(=O)(O)CCO. The Hall–Kier alpha value is -3.15. The van der Waals surface area contributed by atoms with E-state index >= 15 is 0 Å². The van der Waals surface area contributed by atoms with Gasteiger partial charge in [-0.1, -0.05) is 0 Å². The summed E-state index contributed by atoms with van der Waals surface area (Å²) in [4.78, 5) is 0. The number of rotatable bonds is 10. The average Bonchev–Trinajstić information content (AvgIpc) is 2.68. The van der Waals surface area contributed by atoms with E-state index in [1.807, 2.05) is 0 Å². The molecule has 8 N–H and O–H groups in total. The molecule has 11 heteroatoms. The first-order valence-corrected chi connectivity index (χ1v) is 10.4. The summed E-state index contributed by atoms with van der Waals surface area (Å²) in [6.45, 7) is 0.536. The zero-order chi connectivity index (χ0) is 22.6. The first kappa shape index (κ1) is 24.9. The molecule has 0 atom stereocenters. The summed E-state index contributed by atoms with van der Waals surface area (Å²) in [5, 5.41) is 22.5. The van der Waals surface area contributed by atoms with Crippen LogP contribution in [0.3, 0.4) is 0 Å². The molecule has 2 aromatic carbocycles. The van der Waals surface area contributed by atoms with Crippen LogP contribution in [0.15, 0.2) is 48.5 Å². The molecule has 0 saturated heterocycles. The Bertz CT molecular complexity index is 856. The van der Waals surface area contributed by atoms with Gasteiger partial charge in [0.05, 0.1) is 25.6 Å². The highest BCUT2D eigenvalue weighted by molar-refractivity contribution is 7.85. The van der Waals surface area contributed by atoms with Crippen molar-refractivity contribution in [1.29, 1.82) is 10.8 Å². The smallest absolute Gasteiger partial charge is 0.267 e. The minimum absolute atomic E-state index is 0.0424. The van der Waals surface area contributed by atoms with E-state index in [9.17, 15) is 8.42 Å². The molecule has 2 aromatic rings. The highest BCUT2D eigenvalue weighted by Gasteiger charge is 2.00. The van der Waals surface area contributed by atoms with E-state index in [4.69, 9.17) is 41.4 Å². The molecule has 0 aliphatic rings. The first-order valence-electron chi connectivity index (χ1n) is 8.83. The largest absolute Gasteiger partial charge is 0.493 e. The number of amidine groups is 2. The molecule has 30 heavy (non-hydrogen) atoms. The van der Waals surface area contributed by atoms with Crippen molar-refractivity contribution in [2.45, 2.75) is 6.42 Å². The second kappa shape index (κ2) is 12.4. The van der Waals surface area contributed by atoms with Gasteiger partial charge < -0.3 is 26.0 Å². The maximum Gasteiger partial charge on any atom is 0.267 e. The lowest BCUT2D eigenvalue weighted by atomic mass is 10.2. The number of aliphatic hydroxyl groups is 1. The third kappa shape index (κ3) is 10.4. The van der Waals surface area contributed by atoms with Crippen LogP contribution in [-0.2, 0) is 10.1 Å². The average molecular weight is 439 g/mol. The molecular formula is C19H26N4O6S. The molecule has 0 radical (unpaired) electrons. The van der Waals surface area contributed by atoms with Crippen molar-refractivity contribution in [2.75, 3.05) is 25.6 Å². The van der Waals surface area contributed by atoms with Crippen LogP contribution >= 0.6 is 0 Å². The number of benzene rings is 2. The van der Waals surface area contributed by atoms with Crippen molar-refractivity contribution < 1.29 is 27.6 Å². The Morgan fingerprint density at radius 2 is 1.20 bits per heavy atom. The van der Waals surface area contributed by atoms with Gasteiger partial charge >= 0.3 is 0 Å². The summed E-state index contributed by atoms with van der Waals surface area (Å²) in [5.74, 6) is 0.982. The molecule has 0 spiro atoms. The molecule has 0 aliphatic carbocycles. The molecule has 0 unspecified atom stereocenters. The van der Waals surface area contributed by atoms with E-state index in [-0.39, 0.29) is 11.7 Å². The normalized spacial score (nSPS) is 10.5. The minimum Gasteiger partial charge on any atom is -0.493 e. The molecule has 10 nitrogen and oxygen atoms in total. The predicted molar refractivity (Wildman–Crippen MR) is 114 cm³/mol. The lowest BCUT2D eigenvalue weighted by Crippen LogP contribution is -2.11. The van der Waals surface area contributed by atoms with Crippen LogP contribution in [0.1, 0.15) is 17.5 Å². The van der Waals surface area contributed by atoms with Crippen LogP contribution in [0.4, 0.5) is 0 Å². The fourth-order valence-electron chi connectivity index (χ4n) is 2.02. The van der Waals surface area contributed by atoms with E-state index in [1.54, 1.807) is 48.5 Å². The molecule has 0 bridgehead atoms. The molecule has 164 valence electrons. The predicted octanol–water partition coefficient (Wildman–Crippen LogP) is 0.969. The lowest BCUT2D eigenvalue weighted by molar-refractivity contribution is 0.247. The molecule has 0 saturated carbocycles. The monoisotopic (exact) mass is 438 g/mol.